The average molecular weight is 222 g/mol. The first-order valence-corrected chi connectivity index (χ1v) is 5.70. The number of aromatic nitrogens is 2. The number of ether oxygens (including phenoxy) is 1. The standard InChI is InChI=1S/C11H18N4O/c1-2-16-9-4-7-13-10(15-9)14-8-11(12)5-3-6-11/h4,7H,2-3,5-6,8,12H2,1H3,(H,13,14,15). The van der Waals surface area contributed by atoms with E-state index in [-0.39, 0.29) is 5.54 Å². The third-order valence-electron chi connectivity index (χ3n) is 2.87. The summed E-state index contributed by atoms with van der Waals surface area (Å²) in [6.45, 7) is 3.26. The highest BCUT2D eigenvalue weighted by molar-refractivity contribution is 5.28. The predicted molar refractivity (Wildman–Crippen MR) is 62.5 cm³/mol. The summed E-state index contributed by atoms with van der Waals surface area (Å²) in [5, 5.41) is 3.16. The third kappa shape index (κ3) is 2.61. The molecule has 0 unspecified atom stereocenters. The third-order valence-corrected chi connectivity index (χ3v) is 2.87. The van der Waals surface area contributed by atoms with Crippen molar-refractivity contribution < 1.29 is 4.74 Å². The van der Waals surface area contributed by atoms with Crippen molar-refractivity contribution in [1.29, 1.82) is 0 Å². The van der Waals surface area contributed by atoms with E-state index in [4.69, 9.17) is 10.5 Å². The van der Waals surface area contributed by atoms with Gasteiger partial charge >= 0.3 is 0 Å². The zero-order valence-corrected chi connectivity index (χ0v) is 9.57. The molecule has 0 spiro atoms. The molecular weight excluding hydrogens is 204 g/mol. The Hall–Kier alpha value is -1.36. The Labute approximate surface area is 95.4 Å². The minimum Gasteiger partial charge on any atom is -0.478 e. The van der Waals surface area contributed by atoms with Crippen LogP contribution in [0.15, 0.2) is 12.3 Å². The van der Waals surface area contributed by atoms with Crippen LogP contribution in [0.3, 0.4) is 0 Å². The summed E-state index contributed by atoms with van der Waals surface area (Å²) in [5.41, 5.74) is 6.03. The van der Waals surface area contributed by atoms with E-state index in [1.165, 1.54) is 6.42 Å². The van der Waals surface area contributed by atoms with Crippen LogP contribution in [-0.2, 0) is 0 Å². The van der Waals surface area contributed by atoms with Crippen molar-refractivity contribution in [3.8, 4) is 5.88 Å². The fourth-order valence-electron chi connectivity index (χ4n) is 1.72. The molecule has 0 aliphatic heterocycles. The second-order valence-corrected chi connectivity index (χ2v) is 4.22. The Morgan fingerprint density at radius 3 is 3.00 bits per heavy atom. The molecule has 5 heteroatoms. The van der Waals surface area contributed by atoms with Gasteiger partial charge in [0.1, 0.15) is 0 Å². The highest BCUT2D eigenvalue weighted by Crippen LogP contribution is 2.28. The summed E-state index contributed by atoms with van der Waals surface area (Å²) >= 11 is 0. The van der Waals surface area contributed by atoms with Crippen molar-refractivity contribution in [3.63, 3.8) is 0 Å². The minimum atomic E-state index is -0.0645. The van der Waals surface area contributed by atoms with E-state index in [0.29, 0.717) is 18.4 Å². The molecule has 1 fully saturated rings. The van der Waals surface area contributed by atoms with Gasteiger partial charge in [-0.05, 0) is 26.2 Å². The van der Waals surface area contributed by atoms with Crippen LogP contribution < -0.4 is 15.8 Å². The maximum Gasteiger partial charge on any atom is 0.226 e. The number of rotatable bonds is 5. The molecule has 0 aromatic carbocycles. The summed E-state index contributed by atoms with van der Waals surface area (Å²) in [6.07, 6.45) is 5.05. The summed E-state index contributed by atoms with van der Waals surface area (Å²) < 4.78 is 5.30. The molecule has 1 aliphatic rings. The number of hydrogen-bond donors (Lipinski definition) is 2. The second-order valence-electron chi connectivity index (χ2n) is 4.22. The highest BCUT2D eigenvalue weighted by atomic mass is 16.5. The number of nitrogens with one attached hydrogen (secondary N) is 1. The summed E-state index contributed by atoms with van der Waals surface area (Å²) in [5.74, 6) is 1.18. The highest BCUT2D eigenvalue weighted by Gasteiger charge is 2.32. The molecule has 0 saturated heterocycles. The molecule has 3 N–H and O–H groups in total. The Morgan fingerprint density at radius 2 is 2.38 bits per heavy atom. The van der Waals surface area contributed by atoms with Crippen molar-refractivity contribution in [2.75, 3.05) is 18.5 Å². The van der Waals surface area contributed by atoms with E-state index in [1.807, 2.05) is 6.92 Å². The summed E-state index contributed by atoms with van der Waals surface area (Å²) in [7, 11) is 0. The second kappa shape index (κ2) is 4.65. The van der Waals surface area contributed by atoms with Crippen molar-refractivity contribution in [1.82, 2.24) is 9.97 Å². The van der Waals surface area contributed by atoms with Crippen LogP contribution >= 0.6 is 0 Å². The molecule has 0 atom stereocenters. The van der Waals surface area contributed by atoms with E-state index >= 15 is 0 Å². The number of nitrogens with zero attached hydrogens (tertiary/aromatic N) is 2. The Balaban J connectivity index is 1.90. The van der Waals surface area contributed by atoms with E-state index in [2.05, 4.69) is 15.3 Å². The van der Waals surface area contributed by atoms with Gasteiger partial charge in [-0.25, -0.2) is 4.98 Å². The zero-order chi connectivity index (χ0) is 11.4. The molecular formula is C11H18N4O. The smallest absolute Gasteiger partial charge is 0.226 e. The van der Waals surface area contributed by atoms with Crippen molar-refractivity contribution in [3.05, 3.63) is 12.3 Å². The van der Waals surface area contributed by atoms with Crippen molar-refractivity contribution >= 4 is 5.95 Å². The van der Waals surface area contributed by atoms with Crippen LogP contribution in [0.5, 0.6) is 5.88 Å². The van der Waals surface area contributed by atoms with Crippen LogP contribution in [0.1, 0.15) is 26.2 Å². The van der Waals surface area contributed by atoms with Gasteiger partial charge in [-0.15, -0.1) is 0 Å². The fourth-order valence-corrected chi connectivity index (χ4v) is 1.72. The monoisotopic (exact) mass is 222 g/mol. The molecule has 0 bridgehead atoms. The average Bonchev–Trinajstić information content (AvgIpc) is 2.25. The number of hydrogen-bond acceptors (Lipinski definition) is 5. The number of anilines is 1. The van der Waals surface area contributed by atoms with Crippen LogP contribution in [0.25, 0.3) is 0 Å². The molecule has 1 aromatic heterocycles. The maximum absolute atomic E-state index is 6.10. The molecule has 0 amide bonds. The van der Waals surface area contributed by atoms with Crippen LogP contribution in [0.4, 0.5) is 5.95 Å². The lowest BCUT2D eigenvalue weighted by molar-refractivity contribution is 0.265. The van der Waals surface area contributed by atoms with Gasteiger partial charge in [0.25, 0.3) is 0 Å². The van der Waals surface area contributed by atoms with E-state index in [0.717, 1.165) is 19.4 Å². The molecule has 2 rings (SSSR count). The molecule has 5 nitrogen and oxygen atoms in total. The van der Waals surface area contributed by atoms with Gasteiger partial charge in [0.15, 0.2) is 0 Å². The Kier molecular flexibility index (Phi) is 3.24. The summed E-state index contributed by atoms with van der Waals surface area (Å²) in [6, 6.07) is 1.75. The van der Waals surface area contributed by atoms with Crippen LogP contribution in [0.2, 0.25) is 0 Å². The first kappa shape index (κ1) is 11.1. The molecule has 0 radical (unpaired) electrons. The van der Waals surface area contributed by atoms with Gasteiger partial charge in [0, 0.05) is 24.3 Å². The van der Waals surface area contributed by atoms with Crippen molar-refractivity contribution in [2.24, 2.45) is 5.73 Å². The molecule has 1 aromatic rings. The Morgan fingerprint density at radius 1 is 1.56 bits per heavy atom. The van der Waals surface area contributed by atoms with Crippen LogP contribution in [0, 0.1) is 0 Å². The molecule has 1 heterocycles. The largest absolute Gasteiger partial charge is 0.478 e. The minimum absolute atomic E-state index is 0.0645. The first-order valence-electron chi connectivity index (χ1n) is 5.70. The fraction of sp³-hybridized carbons (Fsp3) is 0.636. The lowest BCUT2D eigenvalue weighted by Crippen LogP contribution is -2.52. The normalized spacial score (nSPS) is 17.6. The predicted octanol–water partition coefficient (Wildman–Crippen LogP) is 1.17. The first-order chi connectivity index (χ1) is 7.72. The van der Waals surface area contributed by atoms with Gasteiger partial charge in [-0.1, -0.05) is 0 Å². The number of nitrogens with two attached hydrogens (primary N) is 1. The van der Waals surface area contributed by atoms with Gasteiger partial charge in [0.2, 0.25) is 11.8 Å². The van der Waals surface area contributed by atoms with E-state index < -0.39 is 0 Å². The molecule has 16 heavy (non-hydrogen) atoms. The topological polar surface area (TPSA) is 73.1 Å². The lowest BCUT2D eigenvalue weighted by atomic mass is 9.78. The molecule has 88 valence electrons. The van der Waals surface area contributed by atoms with Gasteiger partial charge < -0.3 is 15.8 Å². The quantitative estimate of drug-likeness (QED) is 0.782. The van der Waals surface area contributed by atoms with Crippen LogP contribution in [-0.4, -0.2) is 28.7 Å². The van der Waals surface area contributed by atoms with E-state index in [1.54, 1.807) is 12.3 Å². The van der Waals surface area contributed by atoms with Crippen molar-refractivity contribution in [2.45, 2.75) is 31.7 Å². The molecule has 1 saturated carbocycles. The van der Waals surface area contributed by atoms with E-state index in [9.17, 15) is 0 Å². The van der Waals surface area contributed by atoms with Gasteiger partial charge in [-0.3, -0.25) is 0 Å². The maximum atomic E-state index is 6.10. The summed E-state index contributed by atoms with van der Waals surface area (Å²) in [4.78, 5) is 8.35. The van der Waals surface area contributed by atoms with Gasteiger partial charge in [-0.2, -0.15) is 4.98 Å². The zero-order valence-electron chi connectivity index (χ0n) is 9.57. The lowest BCUT2D eigenvalue weighted by Gasteiger charge is -2.38. The SMILES string of the molecule is CCOc1ccnc(NCC2(N)CCC2)n1. The van der Waals surface area contributed by atoms with Gasteiger partial charge in [0.05, 0.1) is 6.61 Å². The molecule has 1 aliphatic carbocycles. The Bertz CT molecular complexity index is 352.